The fourth-order valence-corrected chi connectivity index (χ4v) is 1.89. The van der Waals surface area contributed by atoms with Crippen LogP contribution in [0.3, 0.4) is 0 Å². The first kappa shape index (κ1) is 10.2. The molecule has 1 aromatic carbocycles. The molecular weight excluding hydrogens is 188 g/mol. The molecule has 1 atom stereocenters. The smallest absolute Gasteiger partial charge is 0.255 e. The van der Waals surface area contributed by atoms with Crippen LogP contribution in [-0.2, 0) is 0 Å². The van der Waals surface area contributed by atoms with Crippen molar-refractivity contribution in [3.05, 3.63) is 35.9 Å². The molecular formula is C12H16N2O. The van der Waals surface area contributed by atoms with Gasteiger partial charge in [0.05, 0.1) is 6.17 Å². The monoisotopic (exact) mass is 204 g/mol. The zero-order chi connectivity index (χ0) is 10.8. The number of hydrogen-bond acceptors (Lipinski definition) is 2. The van der Waals surface area contributed by atoms with Crippen molar-refractivity contribution < 1.29 is 4.79 Å². The van der Waals surface area contributed by atoms with Crippen LogP contribution in [0.25, 0.3) is 0 Å². The van der Waals surface area contributed by atoms with Gasteiger partial charge in [-0.1, -0.05) is 18.2 Å². The molecule has 1 fully saturated rings. The summed E-state index contributed by atoms with van der Waals surface area (Å²) in [6, 6.07) is 9.46. The third-order valence-corrected chi connectivity index (χ3v) is 3.06. The maximum Gasteiger partial charge on any atom is 0.255 e. The van der Waals surface area contributed by atoms with Crippen molar-refractivity contribution in [1.82, 2.24) is 9.80 Å². The highest BCUT2D eigenvalue weighted by molar-refractivity contribution is 5.94. The Morgan fingerprint density at radius 3 is 2.47 bits per heavy atom. The van der Waals surface area contributed by atoms with E-state index in [0.717, 1.165) is 18.7 Å². The number of rotatable bonds is 1. The highest BCUT2D eigenvalue weighted by Crippen LogP contribution is 2.15. The van der Waals surface area contributed by atoms with Crippen LogP contribution in [0.1, 0.15) is 17.3 Å². The van der Waals surface area contributed by atoms with Crippen molar-refractivity contribution in [3.8, 4) is 0 Å². The summed E-state index contributed by atoms with van der Waals surface area (Å²) in [5, 5.41) is 0. The summed E-state index contributed by atoms with van der Waals surface area (Å²) in [6.07, 6.45) is 0.206. The Morgan fingerprint density at radius 1 is 1.27 bits per heavy atom. The lowest BCUT2D eigenvalue weighted by Gasteiger charge is -2.24. The number of nitrogens with zero attached hydrogens (tertiary/aromatic N) is 2. The molecule has 0 aromatic heterocycles. The van der Waals surface area contributed by atoms with Crippen LogP contribution < -0.4 is 0 Å². The molecule has 1 unspecified atom stereocenters. The summed E-state index contributed by atoms with van der Waals surface area (Å²) < 4.78 is 0. The summed E-state index contributed by atoms with van der Waals surface area (Å²) in [7, 11) is 2.04. The molecule has 0 N–H and O–H groups in total. The SMILES string of the molecule is CC1N(C)CCN1C(=O)c1ccccc1. The Kier molecular flexibility index (Phi) is 2.73. The first-order valence-electron chi connectivity index (χ1n) is 5.26. The third kappa shape index (κ3) is 1.88. The van der Waals surface area contributed by atoms with Gasteiger partial charge < -0.3 is 4.90 Å². The second kappa shape index (κ2) is 4.03. The van der Waals surface area contributed by atoms with Gasteiger partial charge in [-0.25, -0.2) is 0 Å². The normalized spacial score (nSPS) is 22.0. The number of benzene rings is 1. The molecule has 0 bridgehead atoms. The summed E-state index contributed by atoms with van der Waals surface area (Å²) in [5.41, 5.74) is 0.777. The van der Waals surface area contributed by atoms with Crippen LogP contribution in [0.4, 0.5) is 0 Å². The van der Waals surface area contributed by atoms with E-state index < -0.39 is 0 Å². The Labute approximate surface area is 90.3 Å². The Balaban J connectivity index is 2.16. The van der Waals surface area contributed by atoms with E-state index in [-0.39, 0.29) is 12.1 Å². The minimum absolute atomic E-state index is 0.132. The van der Waals surface area contributed by atoms with Gasteiger partial charge in [0.25, 0.3) is 5.91 Å². The molecule has 0 spiro atoms. The zero-order valence-electron chi connectivity index (χ0n) is 9.18. The van der Waals surface area contributed by atoms with Gasteiger partial charge in [-0.05, 0) is 26.1 Å². The molecule has 1 heterocycles. The molecule has 3 heteroatoms. The van der Waals surface area contributed by atoms with Gasteiger partial charge in [0.15, 0.2) is 0 Å². The molecule has 0 saturated carbocycles. The van der Waals surface area contributed by atoms with E-state index in [0.29, 0.717) is 0 Å². The number of likely N-dealkylation sites (N-methyl/N-ethyl adjacent to an activating group) is 1. The zero-order valence-corrected chi connectivity index (χ0v) is 9.18. The van der Waals surface area contributed by atoms with Crippen LogP contribution in [0.2, 0.25) is 0 Å². The molecule has 1 aromatic rings. The molecule has 80 valence electrons. The van der Waals surface area contributed by atoms with Crippen molar-refractivity contribution in [1.29, 1.82) is 0 Å². The summed E-state index contributed by atoms with van der Waals surface area (Å²) in [5.74, 6) is 0.132. The van der Waals surface area contributed by atoms with E-state index in [2.05, 4.69) is 11.8 Å². The Hall–Kier alpha value is -1.35. The van der Waals surface area contributed by atoms with E-state index in [4.69, 9.17) is 0 Å². The van der Waals surface area contributed by atoms with E-state index in [1.54, 1.807) is 0 Å². The standard InChI is InChI=1S/C12H16N2O/c1-10-13(2)8-9-14(10)12(15)11-6-4-3-5-7-11/h3-7,10H,8-9H2,1-2H3. The van der Waals surface area contributed by atoms with Crippen LogP contribution in [0.15, 0.2) is 30.3 Å². The Bertz CT molecular complexity index is 350. The molecule has 1 amide bonds. The largest absolute Gasteiger partial charge is 0.322 e. The molecule has 3 nitrogen and oxygen atoms in total. The van der Waals surface area contributed by atoms with Crippen LogP contribution in [-0.4, -0.2) is 42.0 Å². The van der Waals surface area contributed by atoms with Gasteiger partial charge in [-0.15, -0.1) is 0 Å². The number of amides is 1. The van der Waals surface area contributed by atoms with E-state index in [1.165, 1.54) is 0 Å². The highest BCUT2D eigenvalue weighted by Gasteiger charge is 2.29. The van der Waals surface area contributed by atoms with Gasteiger partial charge in [-0.2, -0.15) is 0 Å². The molecule has 2 rings (SSSR count). The van der Waals surface area contributed by atoms with E-state index in [9.17, 15) is 4.79 Å². The minimum Gasteiger partial charge on any atom is -0.322 e. The van der Waals surface area contributed by atoms with E-state index in [1.807, 2.05) is 42.3 Å². The lowest BCUT2D eigenvalue weighted by Crippen LogP contribution is -2.38. The molecule has 1 aliphatic rings. The number of carbonyl (C=O) groups excluding carboxylic acids is 1. The average Bonchev–Trinajstić information content (AvgIpc) is 2.60. The molecule has 0 radical (unpaired) electrons. The van der Waals surface area contributed by atoms with Crippen molar-refractivity contribution >= 4 is 5.91 Å². The van der Waals surface area contributed by atoms with Gasteiger partial charge in [0, 0.05) is 18.7 Å². The van der Waals surface area contributed by atoms with Crippen molar-refractivity contribution in [3.63, 3.8) is 0 Å². The summed E-state index contributed by atoms with van der Waals surface area (Å²) in [4.78, 5) is 16.2. The number of hydrogen-bond donors (Lipinski definition) is 0. The Morgan fingerprint density at radius 2 is 1.93 bits per heavy atom. The average molecular weight is 204 g/mol. The quantitative estimate of drug-likeness (QED) is 0.690. The maximum absolute atomic E-state index is 12.1. The van der Waals surface area contributed by atoms with Crippen molar-refractivity contribution in [2.24, 2.45) is 0 Å². The molecule has 0 aliphatic carbocycles. The topological polar surface area (TPSA) is 23.6 Å². The lowest BCUT2D eigenvalue weighted by atomic mass is 10.2. The third-order valence-electron chi connectivity index (χ3n) is 3.06. The maximum atomic E-state index is 12.1. The molecule has 1 saturated heterocycles. The molecule has 1 aliphatic heterocycles. The van der Waals surface area contributed by atoms with E-state index >= 15 is 0 Å². The first-order chi connectivity index (χ1) is 7.20. The van der Waals surface area contributed by atoms with Crippen LogP contribution >= 0.6 is 0 Å². The predicted octanol–water partition coefficient (Wildman–Crippen LogP) is 1.42. The number of carbonyl (C=O) groups is 1. The van der Waals surface area contributed by atoms with Gasteiger partial charge in [-0.3, -0.25) is 9.69 Å². The highest BCUT2D eigenvalue weighted by atomic mass is 16.2. The predicted molar refractivity (Wildman–Crippen MR) is 59.6 cm³/mol. The second-order valence-electron chi connectivity index (χ2n) is 3.98. The first-order valence-corrected chi connectivity index (χ1v) is 5.26. The summed E-state index contributed by atoms with van der Waals surface area (Å²) >= 11 is 0. The lowest BCUT2D eigenvalue weighted by molar-refractivity contribution is 0.0685. The fourth-order valence-electron chi connectivity index (χ4n) is 1.89. The minimum atomic E-state index is 0.132. The second-order valence-corrected chi connectivity index (χ2v) is 3.98. The van der Waals surface area contributed by atoms with Crippen molar-refractivity contribution in [2.75, 3.05) is 20.1 Å². The van der Waals surface area contributed by atoms with Crippen LogP contribution in [0, 0.1) is 0 Å². The van der Waals surface area contributed by atoms with Gasteiger partial charge in [0.2, 0.25) is 0 Å². The molecule has 15 heavy (non-hydrogen) atoms. The fraction of sp³-hybridized carbons (Fsp3) is 0.417. The van der Waals surface area contributed by atoms with Crippen molar-refractivity contribution in [2.45, 2.75) is 13.1 Å². The van der Waals surface area contributed by atoms with Crippen LogP contribution in [0.5, 0.6) is 0 Å². The van der Waals surface area contributed by atoms with Gasteiger partial charge in [0.1, 0.15) is 0 Å². The van der Waals surface area contributed by atoms with Gasteiger partial charge >= 0.3 is 0 Å². The summed E-state index contributed by atoms with van der Waals surface area (Å²) in [6.45, 7) is 3.85.